The van der Waals surface area contributed by atoms with Crippen molar-refractivity contribution in [3.05, 3.63) is 0 Å². The maximum atomic E-state index is 12.2. The zero-order chi connectivity index (χ0) is 10.3. The highest BCUT2D eigenvalue weighted by Crippen LogP contribution is 2.52. The molecular weight excluding hydrogens is 185 g/mol. The van der Waals surface area contributed by atoms with Crippen LogP contribution >= 0.6 is 0 Å². The van der Waals surface area contributed by atoms with Crippen molar-refractivity contribution in [1.82, 2.24) is 0 Å². The zero-order valence-corrected chi connectivity index (χ0v) is 7.19. The molecule has 1 saturated carbocycles. The van der Waals surface area contributed by atoms with Gasteiger partial charge >= 0.3 is 6.18 Å². The number of rotatable bonds is 3. The molecule has 1 aliphatic carbocycles. The fourth-order valence-corrected chi connectivity index (χ4v) is 1.28. The van der Waals surface area contributed by atoms with E-state index in [1.165, 1.54) is 0 Å². The molecular formula is C8H11F3O2. The summed E-state index contributed by atoms with van der Waals surface area (Å²) in [5.41, 5.74) is -3.66. The summed E-state index contributed by atoms with van der Waals surface area (Å²) < 4.78 is 36.5. The minimum Gasteiger partial charge on any atom is -0.381 e. The molecule has 0 saturated heterocycles. The van der Waals surface area contributed by atoms with Crippen molar-refractivity contribution in [1.29, 1.82) is 0 Å². The number of hydrogen-bond donors (Lipinski definition) is 1. The Labute approximate surface area is 73.7 Å². The lowest BCUT2D eigenvalue weighted by Crippen LogP contribution is -2.44. The van der Waals surface area contributed by atoms with Crippen LogP contribution in [0.1, 0.15) is 26.2 Å². The van der Waals surface area contributed by atoms with Gasteiger partial charge in [0.2, 0.25) is 0 Å². The van der Waals surface area contributed by atoms with Crippen molar-refractivity contribution in [3.8, 4) is 0 Å². The first-order chi connectivity index (χ1) is 5.72. The van der Waals surface area contributed by atoms with Crippen molar-refractivity contribution < 1.29 is 23.1 Å². The van der Waals surface area contributed by atoms with E-state index in [2.05, 4.69) is 0 Å². The summed E-state index contributed by atoms with van der Waals surface area (Å²) in [6, 6.07) is 0. The molecule has 0 amide bonds. The van der Waals surface area contributed by atoms with Gasteiger partial charge in [-0.2, -0.15) is 13.2 Å². The van der Waals surface area contributed by atoms with Crippen molar-refractivity contribution >= 4 is 6.29 Å². The molecule has 0 aromatic heterocycles. The van der Waals surface area contributed by atoms with E-state index in [0.717, 1.165) is 0 Å². The van der Waals surface area contributed by atoms with Crippen molar-refractivity contribution in [2.45, 2.75) is 38.0 Å². The van der Waals surface area contributed by atoms with Gasteiger partial charge in [0.25, 0.3) is 0 Å². The fraction of sp³-hybridized carbons (Fsp3) is 0.875. The van der Waals surface area contributed by atoms with Gasteiger partial charge in [0.05, 0.1) is 0 Å². The molecule has 1 atom stereocenters. The van der Waals surface area contributed by atoms with Gasteiger partial charge in [0, 0.05) is 5.41 Å². The highest BCUT2D eigenvalue weighted by atomic mass is 19.4. The number of aldehydes is 1. The minimum absolute atomic E-state index is 0.447. The third-order valence-electron chi connectivity index (χ3n) is 2.45. The Morgan fingerprint density at radius 3 is 2.15 bits per heavy atom. The molecule has 5 heteroatoms. The minimum atomic E-state index is -4.66. The topological polar surface area (TPSA) is 37.3 Å². The predicted octanol–water partition coefficient (Wildman–Crippen LogP) is 1.67. The molecule has 2 nitrogen and oxygen atoms in total. The summed E-state index contributed by atoms with van der Waals surface area (Å²) in [4.78, 5) is 10.4. The van der Waals surface area contributed by atoms with E-state index in [4.69, 9.17) is 5.11 Å². The van der Waals surface area contributed by atoms with Crippen LogP contribution in [0.4, 0.5) is 13.2 Å². The smallest absolute Gasteiger partial charge is 0.381 e. The van der Waals surface area contributed by atoms with E-state index < -0.39 is 23.6 Å². The first-order valence-corrected chi connectivity index (χ1v) is 3.98. The highest BCUT2D eigenvalue weighted by molar-refractivity contribution is 5.63. The number of hydrogen-bond acceptors (Lipinski definition) is 2. The van der Waals surface area contributed by atoms with Gasteiger partial charge in [-0.1, -0.05) is 0 Å². The molecule has 76 valence electrons. The summed E-state index contributed by atoms with van der Waals surface area (Å²) in [7, 11) is 0. The molecule has 13 heavy (non-hydrogen) atoms. The van der Waals surface area contributed by atoms with Crippen LogP contribution in [0.5, 0.6) is 0 Å². The van der Waals surface area contributed by atoms with Gasteiger partial charge in [-0.25, -0.2) is 0 Å². The molecule has 0 spiro atoms. The first kappa shape index (κ1) is 10.5. The quantitative estimate of drug-likeness (QED) is 0.697. The maximum absolute atomic E-state index is 12.2. The van der Waals surface area contributed by atoms with Crippen molar-refractivity contribution in [3.63, 3.8) is 0 Å². The Morgan fingerprint density at radius 1 is 1.46 bits per heavy atom. The van der Waals surface area contributed by atoms with Crippen LogP contribution in [0.15, 0.2) is 0 Å². The Morgan fingerprint density at radius 2 is 1.92 bits per heavy atom. The molecule has 0 aromatic carbocycles. The van der Waals surface area contributed by atoms with Crippen LogP contribution in [0, 0.1) is 5.41 Å². The molecule has 0 radical (unpaired) electrons. The van der Waals surface area contributed by atoms with Gasteiger partial charge in [0.1, 0.15) is 6.29 Å². The molecule has 1 unspecified atom stereocenters. The number of alkyl halides is 3. The average molecular weight is 196 g/mol. The second-order valence-electron chi connectivity index (χ2n) is 3.93. The summed E-state index contributed by atoms with van der Waals surface area (Å²) in [6.07, 6.45) is -3.77. The van der Waals surface area contributed by atoms with E-state index in [1.807, 2.05) is 0 Å². The van der Waals surface area contributed by atoms with E-state index in [9.17, 15) is 18.0 Å². The van der Waals surface area contributed by atoms with E-state index in [1.54, 1.807) is 0 Å². The maximum Gasteiger partial charge on any atom is 0.416 e. The summed E-state index contributed by atoms with van der Waals surface area (Å²) in [6.45, 7) is 0.705. The molecule has 1 N–H and O–H groups in total. The largest absolute Gasteiger partial charge is 0.416 e. The van der Waals surface area contributed by atoms with E-state index in [-0.39, 0.29) is 0 Å². The number of carbonyl (C=O) groups excluding carboxylic acids is 1. The van der Waals surface area contributed by atoms with Crippen LogP contribution in [0.25, 0.3) is 0 Å². The average Bonchev–Trinajstić information content (AvgIpc) is 2.66. The summed E-state index contributed by atoms with van der Waals surface area (Å²) >= 11 is 0. The lowest BCUT2D eigenvalue weighted by atomic mass is 9.90. The monoisotopic (exact) mass is 196 g/mol. The normalized spacial score (nSPS) is 25.0. The molecule has 0 aliphatic heterocycles. The second-order valence-corrected chi connectivity index (χ2v) is 3.93. The Balaban J connectivity index is 2.67. The standard InChI is InChI=1S/C8H11F3O2/c1-6(13,8(9,10)11)4-7(5-12)2-3-7/h5,13H,2-4H2,1H3. The van der Waals surface area contributed by atoms with Crippen LogP contribution in [0.2, 0.25) is 0 Å². The van der Waals surface area contributed by atoms with Gasteiger partial charge < -0.3 is 9.90 Å². The molecule has 1 fully saturated rings. The van der Waals surface area contributed by atoms with Crippen LogP contribution < -0.4 is 0 Å². The van der Waals surface area contributed by atoms with Crippen LogP contribution in [-0.4, -0.2) is 23.2 Å². The van der Waals surface area contributed by atoms with E-state index >= 15 is 0 Å². The molecule has 1 aliphatic rings. The second kappa shape index (κ2) is 2.70. The molecule has 0 heterocycles. The fourth-order valence-electron chi connectivity index (χ4n) is 1.28. The number of carbonyl (C=O) groups is 1. The third kappa shape index (κ3) is 2.02. The van der Waals surface area contributed by atoms with Gasteiger partial charge in [0.15, 0.2) is 5.60 Å². The Kier molecular flexibility index (Phi) is 2.18. The van der Waals surface area contributed by atoms with Crippen LogP contribution in [-0.2, 0) is 4.79 Å². The van der Waals surface area contributed by atoms with Crippen molar-refractivity contribution in [2.75, 3.05) is 0 Å². The van der Waals surface area contributed by atoms with E-state index in [0.29, 0.717) is 26.1 Å². The molecule has 0 aromatic rings. The van der Waals surface area contributed by atoms with Crippen molar-refractivity contribution in [2.24, 2.45) is 5.41 Å². The predicted molar refractivity (Wildman–Crippen MR) is 39.0 cm³/mol. The number of aliphatic hydroxyl groups is 1. The first-order valence-electron chi connectivity index (χ1n) is 3.98. The summed E-state index contributed by atoms with van der Waals surface area (Å²) in [5.74, 6) is 0. The number of halogens is 3. The lowest BCUT2D eigenvalue weighted by molar-refractivity contribution is -0.258. The van der Waals surface area contributed by atoms with Gasteiger partial charge in [-0.3, -0.25) is 0 Å². The molecule has 1 rings (SSSR count). The lowest BCUT2D eigenvalue weighted by Gasteiger charge is -2.28. The van der Waals surface area contributed by atoms with Gasteiger partial charge in [-0.15, -0.1) is 0 Å². The van der Waals surface area contributed by atoms with Gasteiger partial charge in [-0.05, 0) is 26.2 Å². The Bertz CT molecular complexity index is 216. The SMILES string of the molecule is CC(O)(CC1(C=O)CC1)C(F)(F)F. The third-order valence-corrected chi connectivity index (χ3v) is 2.45. The Hall–Kier alpha value is -0.580. The molecule has 0 bridgehead atoms. The summed E-state index contributed by atoms with van der Waals surface area (Å²) in [5, 5.41) is 9.07. The van der Waals surface area contributed by atoms with Crippen LogP contribution in [0.3, 0.4) is 0 Å². The highest BCUT2D eigenvalue weighted by Gasteiger charge is 2.57. The zero-order valence-electron chi connectivity index (χ0n) is 7.19.